The average Bonchev–Trinajstić information content (AvgIpc) is 2.45. The van der Waals surface area contributed by atoms with Gasteiger partial charge in [-0.1, -0.05) is 17.7 Å². The molecule has 1 aromatic rings. The first-order chi connectivity index (χ1) is 10.8. The van der Waals surface area contributed by atoms with E-state index in [0.717, 1.165) is 31.4 Å². The number of aldehydes is 1. The Morgan fingerprint density at radius 2 is 2.17 bits per heavy atom. The van der Waals surface area contributed by atoms with Gasteiger partial charge in [-0.15, -0.1) is 0 Å². The van der Waals surface area contributed by atoms with E-state index in [1.807, 2.05) is 20.8 Å². The number of alkyl carbamates (subject to hydrolysis) is 1. The van der Waals surface area contributed by atoms with Gasteiger partial charge < -0.3 is 15.0 Å². The standard InChI is InChI=1S/C17H23ClN2O3/c1-17(2,3)23-16(22)19-13-7-5-9-20(10-13)15-12(11-21)6-4-8-14(15)18/h4,6,8,11,13H,5,7,9-10H2,1-3H3,(H,19,22)/t13-/m1/s1. The topological polar surface area (TPSA) is 58.6 Å². The first kappa shape index (κ1) is 17.6. The number of nitrogens with zero attached hydrogens (tertiary/aromatic N) is 1. The van der Waals surface area contributed by atoms with Crippen LogP contribution in [0.5, 0.6) is 0 Å². The molecule has 0 spiro atoms. The van der Waals surface area contributed by atoms with E-state index in [1.165, 1.54) is 0 Å². The van der Waals surface area contributed by atoms with Crippen LogP contribution in [0, 0.1) is 0 Å². The second kappa shape index (κ2) is 7.21. The molecule has 1 N–H and O–H groups in total. The molecule has 0 aliphatic carbocycles. The number of amides is 1. The second-order valence-electron chi connectivity index (χ2n) is 6.73. The molecule has 1 atom stereocenters. The van der Waals surface area contributed by atoms with Crippen LogP contribution in [0.4, 0.5) is 10.5 Å². The van der Waals surface area contributed by atoms with Crippen molar-refractivity contribution in [2.75, 3.05) is 18.0 Å². The van der Waals surface area contributed by atoms with E-state index in [2.05, 4.69) is 10.2 Å². The molecule has 1 heterocycles. The van der Waals surface area contributed by atoms with E-state index in [4.69, 9.17) is 16.3 Å². The number of benzene rings is 1. The van der Waals surface area contributed by atoms with Gasteiger partial charge in [0.25, 0.3) is 0 Å². The number of piperidine rings is 1. The highest BCUT2D eigenvalue weighted by Crippen LogP contribution is 2.31. The van der Waals surface area contributed by atoms with E-state index in [1.54, 1.807) is 18.2 Å². The van der Waals surface area contributed by atoms with Crippen LogP contribution < -0.4 is 10.2 Å². The minimum absolute atomic E-state index is 0.0330. The maximum absolute atomic E-state index is 11.9. The molecule has 126 valence electrons. The molecule has 6 heteroatoms. The number of anilines is 1. The van der Waals surface area contributed by atoms with Crippen LogP contribution in [0.2, 0.25) is 5.02 Å². The summed E-state index contributed by atoms with van der Waals surface area (Å²) in [6.07, 6.45) is 2.17. The van der Waals surface area contributed by atoms with Crippen LogP contribution in [0.3, 0.4) is 0 Å². The lowest BCUT2D eigenvalue weighted by molar-refractivity contribution is 0.0500. The Hall–Kier alpha value is -1.75. The van der Waals surface area contributed by atoms with Crippen LogP contribution in [0.1, 0.15) is 44.0 Å². The normalized spacial score (nSPS) is 18.4. The summed E-state index contributed by atoms with van der Waals surface area (Å²) < 4.78 is 5.30. The second-order valence-corrected chi connectivity index (χ2v) is 7.13. The number of rotatable bonds is 3. The molecule has 1 saturated heterocycles. The highest BCUT2D eigenvalue weighted by atomic mass is 35.5. The van der Waals surface area contributed by atoms with E-state index in [0.29, 0.717) is 17.1 Å². The van der Waals surface area contributed by atoms with Crippen molar-refractivity contribution in [2.45, 2.75) is 45.3 Å². The fourth-order valence-corrected chi connectivity index (χ4v) is 3.03. The summed E-state index contributed by atoms with van der Waals surface area (Å²) in [7, 11) is 0. The minimum Gasteiger partial charge on any atom is -0.444 e. The molecule has 0 bridgehead atoms. The third kappa shape index (κ3) is 4.86. The van der Waals surface area contributed by atoms with Gasteiger partial charge in [0.15, 0.2) is 6.29 Å². The molecule has 5 nitrogen and oxygen atoms in total. The Kier molecular flexibility index (Phi) is 5.52. The molecular weight excluding hydrogens is 316 g/mol. The number of hydrogen-bond acceptors (Lipinski definition) is 4. The Morgan fingerprint density at radius 3 is 2.83 bits per heavy atom. The SMILES string of the molecule is CC(C)(C)OC(=O)N[C@@H]1CCCN(c2c(Cl)cccc2C=O)C1. The summed E-state index contributed by atoms with van der Waals surface area (Å²) in [6.45, 7) is 6.90. The Morgan fingerprint density at radius 1 is 1.43 bits per heavy atom. The van der Waals surface area contributed by atoms with Crippen molar-refractivity contribution >= 4 is 29.7 Å². The van der Waals surface area contributed by atoms with Crippen molar-refractivity contribution < 1.29 is 14.3 Å². The predicted molar refractivity (Wildman–Crippen MR) is 91.4 cm³/mol. The largest absolute Gasteiger partial charge is 0.444 e. The lowest BCUT2D eigenvalue weighted by Crippen LogP contribution is -2.49. The molecule has 0 saturated carbocycles. The molecule has 1 fully saturated rings. The molecular formula is C17H23ClN2O3. The first-order valence-corrected chi connectivity index (χ1v) is 8.16. The predicted octanol–water partition coefficient (Wildman–Crippen LogP) is 3.65. The molecule has 23 heavy (non-hydrogen) atoms. The van der Waals surface area contributed by atoms with Crippen molar-refractivity contribution in [2.24, 2.45) is 0 Å². The first-order valence-electron chi connectivity index (χ1n) is 7.78. The summed E-state index contributed by atoms with van der Waals surface area (Å²) in [5.74, 6) is 0. The van der Waals surface area contributed by atoms with Crippen LogP contribution >= 0.6 is 11.6 Å². The van der Waals surface area contributed by atoms with Crippen molar-refractivity contribution in [3.05, 3.63) is 28.8 Å². The van der Waals surface area contributed by atoms with Gasteiger partial charge >= 0.3 is 6.09 Å². The number of halogens is 1. The van der Waals surface area contributed by atoms with Crippen LogP contribution in [0.15, 0.2) is 18.2 Å². The van der Waals surface area contributed by atoms with E-state index in [9.17, 15) is 9.59 Å². The van der Waals surface area contributed by atoms with Crippen LogP contribution in [-0.4, -0.2) is 37.1 Å². The number of ether oxygens (including phenoxy) is 1. The molecule has 2 rings (SSSR count). The van der Waals surface area contributed by atoms with E-state index in [-0.39, 0.29) is 6.04 Å². The minimum atomic E-state index is -0.522. The molecule has 0 unspecified atom stereocenters. The zero-order valence-corrected chi connectivity index (χ0v) is 14.5. The summed E-state index contributed by atoms with van der Waals surface area (Å²) in [5.41, 5.74) is 0.779. The Balaban J connectivity index is 2.07. The lowest BCUT2D eigenvalue weighted by Gasteiger charge is -2.36. The zero-order valence-electron chi connectivity index (χ0n) is 13.8. The van der Waals surface area contributed by atoms with Gasteiger partial charge in [-0.3, -0.25) is 4.79 Å². The van der Waals surface area contributed by atoms with Crippen LogP contribution in [0.25, 0.3) is 0 Å². The van der Waals surface area contributed by atoms with Crippen molar-refractivity contribution in [1.29, 1.82) is 0 Å². The van der Waals surface area contributed by atoms with Crippen LogP contribution in [-0.2, 0) is 4.74 Å². The average molecular weight is 339 g/mol. The molecule has 1 aromatic carbocycles. The lowest BCUT2D eigenvalue weighted by atomic mass is 10.0. The van der Waals surface area contributed by atoms with Gasteiger partial charge in [0.05, 0.1) is 10.7 Å². The van der Waals surface area contributed by atoms with E-state index >= 15 is 0 Å². The van der Waals surface area contributed by atoms with Gasteiger partial charge in [-0.25, -0.2) is 4.79 Å². The quantitative estimate of drug-likeness (QED) is 0.855. The van der Waals surface area contributed by atoms with Crippen molar-refractivity contribution in [1.82, 2.24) is 5.32 Å². The third-order valence-electron chi connectivity index (χ3n) is 3.60. The molecule has 0 radical (unpaired) electrons. The van der Waals surface area contributed by atoms with Gasteiger partial charge in [0.1, 0.15) is 5.60 Å². The number of nitrogens with one attached hydrogen (secondary N) is 1. The summed E-state index contributed by atoms with van der Waals surface area (Å²) in [5, 5.41) is 3.45. The van der Waals surface area contributed by atoms with E-state index < -0.39 is 11.7 Å². The van der Waals surface area contributed by atoms with Crippen molar-refractivity contribution in [3.8, 4) is 0 Å². The number of carbonyl (C=O) groups is 2. The number of hydrogen-bond donors (Lipinski definition) is 1. The van der Waals surface area contributed by atoms with Gasteiger partial charge in [-0.2, -0.15) is 0 Å². The Bertz CT molecular complexity index is 584. The molecule has 0 aromatic heterocycles. The molecule has 1 amide bonds. The highest BCUT2D eigenvalue weighted by molar-refractivity contribution is 6.33. The molecule has 1 aliphatic heterocycles. The smallest absolute Gasteiger partial charge is 0.407 e. The monoisotopic (exact) mass is 338 g/mol. The fraction of sp³-hybridized carbons (Fsp3) is 0.529. The number of para-hydroxylation sites is 1. The Labute approximate surface area is 141 Å². The highest BCUT2D eigenvalue weighted by Gasteiger charge is 2.26. The van der Waals surface area contributed by atoms with Crippen molar-refractivity contribution in [3.63, 3.8) is 0 Å². The summed E-state index contributed by atoms with van der Waals surface area (Å²) in [6, 6.07) is 5.25. The summed E-state index contributed by atoms with van der Waals surface area (Å²) >= 11 is 6.27. The zero-order chi connectivity index (χ0) is 17.0. The van der Waals surface area contributed by atoms with Gasteiger partial charge in [0.2, 0.25) is 0 Å². The molecule has 1 aliphatic rings. The fourth-order valence-electron chi connectivity index (χ4n) is 2.73. The maximum atomic E-state index is 11.9. The maximum Gasteiger partial charge on any atom is 0.407 e. The third-order valence-corrected chi connectivity index (χ3v) is 3.91. The summed E-state index contributed by atoms with van der Waals surface area (Å²) in [4.78, 5) is 25.2. The number of carbonyl (C=O) groups excluding carboxylic acids is 2. The van der Waals surface area contributed by atoms with Gasteiger partial charge in [-0.05, 0) is 45.7 Å². The van der Waals surface area contributed by atoms with Gasteiger partial charge in [0, 0.05) is 24.7 Å².